The molecule has 10 rings (SSSR count). The van der Waals surface area contributed by atoms with Crippen molar-refractivity contribution < 1.29 is 57.5 Å². The summed E-state index contributed by atoms with van der Waals surface area (Å²) in [4.78, 5) is 29.3. The number of benzene rings is 3. The minimum Gasteiger partial charge on any atom is -0.504 e. The van der Waals surface area contributed by atoms with Crippen LogP contribution in [-0.4, -0.2) is 94.6 Å². The highest BCUT2D eigenvalue weighted by atomic mass is 32.2. The van der Waals surface area contributed by atoms with E-state index in [1.807, 2.05) is 17.9 Å². The van der Waals surface area contributed by atoms with Gasteiger partial charge in [0.25, 0.3) is 0 Å². The number of aliphatic hydroxyl groups excluding tert-OH is 1. The number of methoxy groups -OCH3 is 2. The number of esters is 2. The number of ether oxygens (including phenoxy) is 6. The Kier molecular flexibility index (Phi) is 8.10. The largest absolute Gasteiger partial charge is 0.504 e. The number of phenols is 2. The van der Waals surface area contributed by atoms with Gasteiger partial charge >= 0.3 is 11.9 Å². The van der Waals surface area contributed by atoms with Crippen LogP contribution in [0.4, 0.5) is 0 Å². The topological polar surface area (TPSA) is 195 Å². The van der Waals surface area contributed by atoms with E-state index in [9.17, 15) is 24.9 Å². The third-order valence-corrected chi connectivity index (χ3v) is 13.7. The molecule has 7 aliphatic rings. The average Bonchev–Trinajstić information content (AvgIpc) is 3.63. The number of phenolic OH excluding ortho intramolecular Hbond substituents is 2. The second kappa shape index (κ2) is 12.5. The molecule has 16 heteroatoms. The molecule has 5 N–H and O–H groups in total. The van der Waals surface area contributed by atoms with Gasteiger partial charge in [-0.2, -0.15) is 0 Å². The lowest BCUT2D eigenvalue weighted by Crippen LogP contribution is -2.70. The number of piperazine rings is 1. The molecule has 7 heterocycles. The van der Waals surface area contributed by atoms with Crippen molar-refractivity contribution in [1.29, 1.82) is 0 Å². The van der Waals surface area contributed by atoms with Crippen LogP contribution < -0.4 is 34.3 Å². The predicted molar refractivity (Wildman–Crippen MR) is 191 cm³/mol. The van der Waals surface area contributed by atoms with E-state index in [4.69, 9.17) is 28.4 Å². The smallest absolute Gasteiger partial charge is 0.332 e. The van der Waals surface area contributed by atoms with Crippen LogP contribution in [0.1, 0.15) is 68.8 Å². The summed E-state index contributed by atoms with van der Waals surface area (Å²) in [7, 11) is 0.834. The number of rotatable bonds is 3. The fraction of sp³-hybridized carbons (Fsp3) is 0.474. The van der Waals surface area contributed by atoms with Crippen LogP contribution in [-0.2, 0) is 43.5 Å². The van der Waals surface area contributed by atoms with Gasteiger partial charge < -0.3 is 49.1 Å². The summed E-state index contributed by atoms with van der Waals surface area (Å²) in [5, 5.41) is 40.8. The van der Waals surface area contributed by atoms with Gasteiger partial charge in [-0.1, -0.05) is 6.07 Å². The van der Waals surface area contributed by atoms with Gasteiger partial charge in [0, 0.05) is 46.5 Å². The molecule has 0 amide bonds. The molecule has 7 aliphatic heterocycles. The van der Waals surface area contributed by atoms with Crippen LogP contribution in [0.3, 0.4) is 0 Å². The lowest BCUT2D eigenvalue weighted by molar-refractivity contribution is -0.164. The summed E-state index contributed by atoms with van der Waals surface area (Å²) in [5.41, 5.74) is 2.84. The molecule has 4 bridgehead atoms. The summed E-state index contributed by atoms with van der Waals surface area (Å²) in [6.45, 7) is 4.74. The van der Waals surface area contributed by atoms with E-state index in [0.29, 0.717) is 70.0 Å². The van der Waals surface area contributed by atoms with Gasteiger partial charge in [-0.25, -0.2) is 4.79 Å². The number of carbonyl (C=O) groups is 2. The number of aryl methyl sites for hydroxylation is 1. The average molecular weight is 764 g/mol. The number of nitrogens with zero attached hydrogens (tertiary/aromatic N) is 1. The summed E-state index contributed by atoms with van der Waals surface area (Å²) in [5.74, 6) is -0.552. The fourth-order valence-electron chi connectivity index (χ4n) is 9.80. The van der Waals surface area contributed by atoms with Crippen LogP contribution >= 0.6 is 0 Å². The summed E-state index contributed by atoms with van der Waals surface area (Å²) in [6, 6.07) is 2.01. The SMILES string of the molecule is COc1cc2c(cc1O)CCN[C@]21CS(=O)[C@@H]2c3c(OC(C)=O)c(C)c4c(c3[C@H](COC1=O)N1[C@@H]2C2NC(Cc3cc(C)c(OC)c(O)c32)[C@@H]1O)OCO4. The predicted octanol–water partition coefficient (Wildman–Crippen LogP) is 2.09. The maximum atomic E-state index is 15.8. The highest BCUT2D eigenvalue weighted by Crippen LogP contribution is 2.61. The molecule has 0 aromatic heterocycles. The molecule has 0 radical (unpaired) electrons. The van der Waals surface area contributed by atoms with Crippen LogP contribution in [0.25, 0.3) is 0 Å². The van der Waals surface area contributed by atoms with Gasteiger partial charge in [0.1, 0.15) is 18.6 Å². The maximum absolute atomic E-state index is 15.8. The van der Waals surface area contributed by atoms with Crippen LogP contribution in [0.5, 0.6) is 40.2 Å². The van der Waals surface area contributed by atoms with Gasteiger partial charge in [-0.05, 0) is 61.1 Å². The number of fused-ring (bicyclic) bond motifs is 9. The van der Waals surface area contributed by atoms with Crippen LogP contribution in [0.15, 0.2) is 18.2 Å². The van der Waals surface area contributed by atoms with Crippen molar-refractivity contribution >= 4 is 22.7 Å². The third-order valence-electron chi connectivity index (χ3n) is 11.9. The van der Waals surface area contributed by atoms with Crippen molar-refractivity contribution in [2.24, 2.45) is 0 Å². The van der Waals surface area contributed by atoms with Gasteiger partial charge in [0.05, 0.1) is 49.4 Å². The molecule has 0 saturated carbocycles. The van der Waals surface area contributed by atoms with Crippen molar-refractivity contribution in [2.75, 3.05) is 39.9 Å². The third kappa shape index (κ3) is 4.76. The molecular formula is C38H41N3O12S. The molecule has 15 nitrogen and oxygen atoms in total. The lowest BCUT2D eigenvalue weighted by Gasteiger charge is -2.59. The van der Waals surface area contributed by atoms with E-state index in [2.05, 4.69) is 10.6 Å². The van der Waals surface area contributed by atoms with Crippen molar-refractivity contribution in [3.05, 3.63) is 62.7 Å². The Hall–Kier alpha value is -4.61. The molecule has 3 aromatic rings. The highest BCUT2D eigenvalue weighted by Gasteiger charge is 2.61. The molecule has 2 saturated heterocycles. The summed E-state index contributed by atoms with van der Waals surface area (Å²) < 4.78 is 51.2. The molecule has 8 atom stereocenters. The second-order valence-corrected chi connectivity index (χ2v) is 16.3. The molecule has 54 heavy (non-hydrogen) atoms. The Bertz CT molecular complexity index is 2180. The first kappa shape index (κ1) is 35.1. The number of hydrogen-bond donors (Lipinski definition) is 5. The van der Waals surface area contributed by atoms with Crippen molar-refractivity contribution in [1.82, 2.24) is 15.5 Å². The van der Waals surface area contributed by atoms with E-state index >= 15 is 4.21 Å². The van der Waals surface area contributed by atoms with Gasteiger partial charge in [0.15, 0.2) is 40.0 Å². The quantitative estimate of drug-likeness (QED) is 0.192. The van der Waals surface area contributed by atoms with E-state index < -0.39 is 63.9 Å². The Morgan fingerprint density at radius 3 is 2.54 bits per heavy atom. The molecule has 3 unspecified atom stereocenters. The van der Waals surface area contributed by atoms with E-state index in [1.165, 1.54) is 21.1 Å². The van der Waals surface area contributed by atoms with Crippen LogP contribution in [0, 0.1) is 13.8 Å². The number of carbonyl (C=O) groups excluding carboxylic acids is 2. The monoisotopic (exact) mass is 763 g/mol. The van der Waals surface area contributed by atoms with Crippen molar-refractivity contribution in [2.45, 2.75) is 74.8 Å². The minimum atomic E-state index is -2.06. The lowest BCUT2D eigenvalue weighted by atomic mass is 9.74. The zero-order chi connectivity index (χ0) is 38.0. The molecular weight excluding hydrogens is 722 g/mol. The summed E-state index contributed by atoms with van der Waals surface area (Å²) >= 11 is 0. The highest BCUT2D eigenvalue weighted by molar-refractivity contribution is 7.85. The fourth-order valence-corrected chi connectivity index (χ4v) is 11.9. The Morgan fingerprint density at radius 1 is 1.02 bits per heavy atom. The van der Waals surface area contributed by atoms with E-state index in [-0.39, 0.29) is 42.2 Å². The molecule has 2 fully saturated rings. The Morgan fingerprint density at radius 2 is 1.80 bits per heavy atom. The van der Waals surface area contributed by atoms with Crippen LogP contribution in [0.2, 0.25) is 0 Å². The van der Waals surface area contributed by atoms with Gasteiger partial charge in [-0.15, -0.1) is 0 Å². The summed E-state index contributed by atoms with van der Waals surface area (Å²) in [6.07, 6.45) is -0.369. The molecule has 3 aromatic carbocycles. The standard InChI is InChI=1S/C38H41N3O12S/c1-15-8-19-9-21-36(45)41-22-12-50-37(46)38(20-11-24(48-4)23(43)10-18(20)6-7-39-38)13-54(47)35(29(41)28(40-21)25(19)30(44)31(15)49-5)27-26(22)34-33(51-14-52-34)16(2)32(27)53-17(3)42/h8,10-11,21-22,28-29,35-36,39-40,43-45H,6-7,9,12-14H2,1-5H3/t21?,22-,28?,29+,35+,36-,38+,54?/m0/s1. The first-order chi connectivity index (χ1) is 25.9. The van der Waals surface area contributed by atoms with E-state index in [1.54, 1.807) is 19.1 Å². The molecule has 0 aliphatic carbocycles. The number of aromatic hydroxyl groups is 2. The maximum Gasteiger partial charge on any atom is 0.332 e. The first-order valence-corrected chi connectivity index (χ1v) is 19.2. The zero-order valence-corrected chi connectivity index (χ0v) is 31.1. The first-order valence-electron chi connectivity index (χ1n) is 17.8. The zero-order valence-electron chi connectivity index (χ0n) is 30.3. The Labute approximate surface area is 312 Å². The molecule has 1 spiro atoms. The second-order valence-electron chi connectivity index (χ2n) is 14.7. The minimum absolute atomic E-state index is 0.0708. The van der Waals surface area contributed by atoms with E-state index in [0.717, 1.165) is 11.1 Å². The van der Waals surface area contributed by atoms with Gasteiger partial charge in [0.2, 0.25) is 6.79 Å². The number of hydrogen-bond acceptors (Lipinski definition) is 15. The van der Waals surface area contributed by atoms with Crippen molar-refractivity contribution in [3.63, 3.8) is 0 Å². The normalized spacial score (nSPS) is 30.4. The molecule has 286 valence electrons. The van der Waals surface area contributed by atoms with Gasteiger partial charge in [-0.3, -0.25) is 19.2 Å². The Balaban J connectivity index is 1.33. The van der Waals surface area contributed by atoms with Crippen molar-refractivity contribution in [3.8, 4) is 40.2 Å². The number of nitrogens with one attached hydrogen (secondary N) is 2. The number of aliphatic hydroxyl groups is 1.